The molecule has 76 valence electrons. The Morgan fingerprint density at radius 2 is 1.85 bits per heavy atom. The second-order valence-corrected chi connectivity index (χ2v) is 4.63. The molecule has 0 aromatic heterocycles. The van der Waals surface area contributed by atoms with E-state index in [1.165, 1.54) is 32.1 Å². The molecule has 2 aliphatic rings. The van der Waals surface area contributed by atoms with E-state index in [9.17, 15) is 4.39 Å². The smallest absolute Gasteiger partial charge is 0.0937 e. The second kappa shape index (κ2) is 4.41. The van der Waals surface area contributed by atoms with Crippen molar-refractivity contribution >= 4 is 0 Å². The largest absolute Gasteiger partial charge is 0.316 e. The lowest BCUT2D eigenvalue weighted by Crippen LogP contribution is -2.25. The molecule has 1 aliphatic heterocycles. The van der Waals surface area contributed by atoms with Crippen molar-refractivity contribution in [2.75, 3.05) is 19.8 Å². The van der Waals surface area contributed by atoms with E-state index in [-0.39, 0.29) is 6.67 Å². The first-order valence-electron chi connectivity index (χ1n) is 5.68. The van der Waals surface area contributed by atoms with Gasteiger partial charge < -0.3 is 5.32 Å². The molecule has 2 fully saturated rings. The molecular weight excluding hydrogens is 165 g/mol. The van der Waals surface area contributed by atoms with E-state index < -0.39 is 0 Å². The zero-order valence-corrected chi connectivity index (χ0v) is 8.27. The summed E-state index contributed by atoms with van der Waals surface area (Å²) in [7, 11) is 0. The van der Waals surface area contributed by atoms with Crippen molar-refractivity contribution < 1.29 is 4.39 Å². The molecule has 1 aliphatic carbocycles. The van der Waals surface area contributed by atoms with Crippen LogP contribution in [0.5, 0.6) is 0 Å². The molecule has 2 heteroatoms. The molecule has 1 heterocycles. The van der Waals surface area contributed by atoms with Gasteiger partial charge in [0.25, 0.3) is 0 Å². The van der Waals surface area contributed by atoms with Crippen molar-refractivity contribution in [3.8, 4) is 0 Å². The molecule has 0 spiro atoms. The maximum absolute atomic E-state index is 12.7. The number of rotatable bonds is 2. The fraction of sp³-hybridized carbons (Fsp3) is 1.00. The summed E-state index contributed by atoms with van der Waals surface area (Å²) in [5, 5.41) is 3.33. The lowest BCUT2D eigenvalue weighted by Gasteiger charge is -2.29. The van der Waals surface area contributed by atoms with Crippen LogP contribution in [0.15, 0.2) is 0 Å². The minimum Gasteiger partial charge on any atom is -0.316 e. The van der Waals surface area contributed by atoms with Gasteiger partial charge in [0, 0.05) is 12.5 Å². The van der Waals surface area contributed by atoms with Gasteiger partial charge in [-0.2, -0.15) is 0 Å². The summed E-state index contributed by atoms with van der Waals surface area (Å²) in [5.74, 6) is 1.79. The highest BCUT2D eigenvalue weighted by molar-refractivity contribution is 4.86. The van der Waals surface area contributed by atoms with Gasteiger partial charge in [-0.25, -0.2) is 0 Å². The molecule has 0 bridgehead atoms. The highest BCUT2D eigenvalue weighted by Gasteiger charge is 2.33. The van der Waals surface area contributed by atoms with Crippen LogP contribution in [0.4, 0.5) is 4.39 Å². The van der Waals surface area contributed by atoms with Crippen LogP contribution in [0.3, 0.4) is 0 Å². The van der Waals surface area contributed by atoms with E-state index in [2.05, 4.69) is 5.32 Å². The molecule has 0 aromatic carbocycles. The van der Waals surface area contributed by atoms with Crippen molar-refractivity contribution in [2.24, 2.45) is 17.8 Å². The van der Waals surface area contributed by atoms with Gasteiger partial charge in [0.15, 0.2) is 0 Å². The Morgan fingerprint density at radius 3 is 2.54 bits per heavy atom. The summed E-state index contributed by atoms with van der Waals surface area (Å²) in [6, 6.07) is 0. The fourth-order valence-corrected chi connectivity index (χ4v) is 3.04. The normalized spacial score (nSPS) is 36.7. The first-order valence-corrected chi connectivity index (χ1v) is 5.68. The number of alkyl halides is 1. The average Bonchev–Trinajstić information content (AvgIpc) is 2.67. The molecule has 13 heavy (non-hydrogen) atoms. The van der Waals surface area contributed by atoms with Crippen molar-refractivity contribution in [1.29, 1.82) is 0 Å². The van der Waals surface area contributed by atoms with Crippen LogP contribution in [-0.2, 0) is 0 Å². The summed E-state index contributed by atoms with van der Waals surface area (Å²) in [6.45, 7) is 1.87. The SMILES string of the molecule is FC[C@H]1CNC[C@H]1C1CCCCC1. The standard InChI is InChI=1S/C11H20FN/c12-6-10-7-13-8-11(10)9-4-2-1-3-5-9/h9-11,13H,1-8H2/t10-,11-/m0/s1. The van der Waals surface area contributed by atoms with Crippen molar-refractivity contribution in [3.63, 3.8) is 0 Å². The molecule has 0 radical (unpaired) electrons. The molecule has 1 nitrogen and oxygen atoms in total. The molecule has 0 amide bonds. The van der Waals surface area contributed by atoms with Gasteiger partial charge in [-0.1, -0.05) is 32.1 Å². The Labute approximate surface area is 80.1 Å². The topological polar surface area (TPSA) is 12.0 Å². The second-order valence-electron chi connectivity index (χ2n) is 4.63. The summed E-state index contributed by atoms with van der Waals surface area (Å²) in [5.41, 5.74) is 0. The van der Waals surface area contributed by atoms with Crippen molar-refractivity contribution in [2.45, 2.75) is 32.1 Å². The van der Waals surface area contributed by atoms with Crippen LogP contribution in [0.1, 0.15) is 32.1 Å². The van der Waals surface area contributed by atoms with E-state index >= 15 is 0 Å². The van der Waals surface area contributed by atoms with E-state index in [0.717, 1.165) is 19.0 Å². The van der Waals surface area contributed by atoms with E-state index in [1.807, 2.05) is 0 Å². The first kappa shape index (κ1) is 9.45. The van der Waals surface area contributed by atoms with E-state index in [1.54, 1.807) is 0 Å². The minimum atomic E-state index is -0.117. The zero-order chi connectivity index (χ0) is 9.10. The number of nitrogens with one attached hydrogen (secondary N) is 1. The van der Waals surface area contributed by atoms with Crippen LogP contribution in [0, 0.1) is 17.8 Å². The Hall–Kier alpha value is -0.110. The molecule has 2 rings (SSSR count). The Kier molecular flexibility index (Phi) is 3.20. The predicted octanol–water partition coefficient (Wildman–Crippen LogP) is 2.37. The molecule has 2 atom stereocenters. The van der Waals surface area contributed by atoms with Crippen molar-refractivity contribution in [3.05, 3.63) is 0 Å². The van der Waals surface area contributed by atoms with Crippen LogP contribution in [-0.4, -0.2) is 19.8 Å². The van der Waals surface area contributed by atoms with Gasteiger partial charge in [-0.15, -0.1) is 0 Å². The third kappa shape index (κ3) is 2.04. The number of halogens is 1. The van der Waals surface area contributed by atoms with Gasteiger partial charge >= 0.3 is 0 Å². The van der Waals surface area contributed by atoms with Crippen molar-refractivity contribution in [1.82, 2.24) is 5.32 Å². The molecule has 1 saturated heterocycles. The predicted molar refractivity (Wildman–Crippen MR) is 52.4 cm³/mol. The van der Waals surface area contributed by atoms with E-state index in [0.29, 0.717) is 11.8 Å². The highest BCUT2D eigenvalue weighted by atomic mass is 19.1. The third-order valence-corrected chi connectivity index (χ3v) is 3.85. The number of hydrogen-bond acceptors (Lipinski definition) is 1. The van der Waals surface area contributed by atoms with Crippen LogP contribution < -0.4 is 5.32 Å². The van der Waals surface area contributed by atoms with Gasteiger partial charge in [0.05, 0.1) is 6.67 Å². The monoisotopic (exact) mass is 185 g/mol. The van der Waals surface area contributed by atoms with Gasteiger partial charge in [0.2, 0.25) is 0 Å². The Morgan fingerprint density at radius 1 is 1.08 bits per heavy atom. The fourth-order valence-electron chi connectivity index (χ4n) is 3.04. The molecule has 0 aromatic rings. The third-order valence-electron chi connectivity index (χ3n) is 3.85. The average molecular weight is 185 g/mol. The molecule has 1 N–H and O–H groups in total. The van der Waals surface area contributed by atoms with Crippen LogP contribution in [0.25, 0.3) is 0 Å². The van der Waals surface area contributed by atoms with E-state index in [4.69, 9.17) is 0 Å². The lowest BCUT2D eigenvalue weighted by molar-refractivity contribution is 0.193. The maximum atomic E-state index is 12.7. The molecule has 0 unspecified atom stereocenters. The zero-order valence-electron chi connectivity index (χ0n) is 8.27. The Balaban J connectivity index is 1.90. The summed E-state index contributed by atoms with van der Waals surface area (Å²) < 4.78 is 12.7. The number of hydrogen-bond donors (Lipinski definition) is 1. The van der Waals surface area contributed by atoms with Gasteiger partial charge in [-0.3, -0.25) is 4.39 Å². The van der Waals surface area contributed by atoms with Crippen LogP contribution in [0.2, 0.25) is 0 Å². The first-order chi connectivity index (χ1) is 6.42. The quantitative estimate of drug-likeness (QED) is 0.696. The molecular formula is C11H20FN. The van der Waals surface area contributed by atoms with Gasteiger partial charge in [0.1, 0.15) is 0 Å². The summed E-state index contributed by atoms with van der Waals surface area (Å²) in [4.78, 5) is 0. The lowest BCUT2D eigenvalue weighted by atomic mass is 9.76. The minimum absolute atomic E-state index is 0.117. The van der Waals surface area contributed by atoms with Crippen LogP contribution >= 0.6 is 0 Å². The molecule has 1 saturated carbocycles. The summed E-state index contributed by atoms with van der Waals surface area (Å²) >= 11 is 0. The highest BCUT2D eigenvalue weighted by Crippen LogP contribution is 2.35. The summed E-state index contributed by atoms with van der Waals surface area (Å²) in [6.07, 6.45) is 6.85. The van der Waals surface area contributed by atoms with Gasteiger partial charge in [-0.05, 0) is 18.4 Å². The Bertz CT molecular complexity index is 154. The maximum Gasteiger partial charge on any atom is 0.0937 e.